The van der Waals surface area contributed by atoms with Gasteiger partial charge in [0, 0.05) is 0 Å². The van der Waals surface area contributed by atoms with Crippen LogP contribution in [0.2, 0.25) is 0 Å². The fraction of sp³-hybridized carbons (Fsp3) is 0.0870. The third-order valence-corrected chi connectivity index (χ3v) is 15.3. The Kier molecular flexibility index (Phi) is 9.86. The lowest BCUT2D eigenvalue weighted by molar-refractivity contribution is 0.580. The van der Waals surface area contributed by atoms with Gasteiger partial charge in [0.25, 0.3) is 0 Å². The number of benzene rings is 7. The van der Waals surface area contributed by atoms with Crippen molar-refractivity contribution in [2.24, 2.45) is 0 Å². The van der Waals surface area contributed by atoms with Gasteiger partial charge in [0.15, 0.2) is 8.59 Å². The zero-order chi connectivity index (χ0) is 40.8. The highest BCUT2D eigenvalue weighted by molar-refractivity contribution is 7.92. The van der Waals surface area contributed by atoms with Gasteiger partial charge in [-0.15, -0.1) is 0 Å². The first-order chi connectivity index (χ1) is 27.8. The van der Waals surface area contributed by atoms with E-state index in [2.05, 4.69) is 36.4 Å². The number of halogens is 6. The van der Waals surface area contributed by atoms with Crippen LogP contribution in [0.15, 0.2) is 177 Å². The largest absolute Gasteiger partial charge is 0.218 e. The first-order valence-electron chi connectivity index (χ1n) is 17.9. The molecule has 4 aliphatic rings. The summed E-state index contributed by atoms with van der Waals surface area (Å²) in [5, 5.41) is 0. The van der Waals surface area contributed by atoms with E-state index in [1.54, 1.807) is 48.5 Å². The summed E-state index contributed by atoms with van der Waals surface area (Å²) in [5.41, 5.74) is 9.26. The van der Waals surface area contributed by atoms with E-state index in [4.69, 9.17) is 69.6 Å². The normalized spacial score (nSPS) is 16.6. The topological polar surface area (TPSA) is 68.3 Å². The predicted molar refractivity (Wildman–Crippen MR) is 235 cm³/mol. The van der Waals surface area contributed by atoms with Gasteiger partial charge < -0.3 is 0 Å². The van der Waals surface area contributed by atoms with Crippen molar-refractivity contribution in [2.45, 2.75) is 39.0 Å². The van der Waals surface area contributed by atoms with Crippen LogP contribution in [-0.2, 0) is 30.5 Å². The molecule has 0 N–H and O–H groups in total. The molecular weight excluding hydrogens is 893 g/mol. The number of sulfone groups is 2. The Labute approximate surface area is 366 Å². The minimum absolute atomic E-state index is 0.305. The van der Waals surface area contributed by atoms with E-state index in [0.29, 0.717) is 19.6 Å². The summed E-state index contributed by atoms with van der Waals surface area (Å²) in [7, 11) is -7.62. The van der Waals surface area contributed by atoms with Crippen LogP contribution in [0.1, 0.15) is 44.5 Å². The summed E-state index contributed by atoms with van der Waals surface area (Å²) in [6.07, 6.45) is 0. The molecule has 7 aromatic carbocycles. The maximum atomic E-state index is 14.3. The highest BCUT2D eigenvalue weighted by Crippen LogP contribution is 2.66. The van der Waals surface area contributed by atoms with Gasteiger partial charge >= 0.3 is 0 Å². The van der Waals surface area contributed by atoms with Gasteiger partial charge in [-0.1, -0.05) is 197 Å². The first kappa shape index (κ1) is 39.6. The number of hydrogen-bond donors (Lipinski definition) is 0. The minimum Gasteiger partial charge on any atom is -0.218 e. The SMILES string of the molecule is ClC(Cl)Cl.ClC(Cl)Cl.O=S1(=O)c2ccccc2C2(c3ccccc3-c3cc4c(cc32)C2(c3ccccc3-4)c3ccccc3S(=O)(=O)c3ccccc32)c2ccccc21. The summed E-state index contributed by atoms with van der Waals surface area (Å²) in [5.74, 6) is 0. The summed E-state index contributed by atoms with van der Waals surface area (Å²) >= 11 is 28.8. The van der Waals surface area contributed by atoms with Gasteiger partial charge in [-0.25, -0.2) is 16.8 Å². The third kappa shape index (κ3) is 5.46. The van der Waals surface area contributed by atoms with Gasteiger partial charge in [0.1, 0.15) is 0 Å². The quantitative estimate of drug-likeness (QED) is 0.142. The van der Waals surface area contributed by atoms with Gasteiger partial charge in [-0.2, -0.15) is 0 Å². The Morgan fingerprint density at radius 1 is 0.310 bits per heavy atom. The molecule has 0 saturated carbocycles. The van der Waals surface area contributed by atoms with E-state index >= 15 is 0 Å². The zero-order valence-corrected chi connectivity index (χ0v) is 36.1. The summed E-state index contributed by atoms with van der Waals surface area (Å²) < 4.78 is 55.8. The highest BCUT2D eigenvalue weighted by atomic mass is 35.6. The number of fused-ring (bicyclic) bond motifs is 18. The van der Waals surface area contributed by atoms with Gasteiger partial charge in [0.05, 0.1) is 30.4 Å². The van der Waals surface area contributed by atoms with E-state index in [0.717, 1.165) is 66.8 Å². The van der Waals surface area contributed by atoms with Gasteiger partial charge in [-0.3, -0.25) is 0 Å². The van der Waals surface area contributed by atoms with Crippen LogP contribution in [0.25, 0.3) is 22.3 Å². The van der Waals surface area contributed by atoms with E-state index in [-0.39, 0.29) is 0 Å². The van der Waals surface area contributed by atoms with Crippen molar-refractivity contribution >= 4 is 89.3 Å². The fourth-order valence-electron chi connectivity index (χ4n) is 9.78. The highest BCUT2D eigenvalue weighted by Gasteiger charge is 2.57. The van der Waals surface area contributed by atoms with E-state index < -0.39 is 39.1 Å². The summed E-state index contributed by atoms with van der Waals surface area (Å²) in [4.78, 5) is 1.22. The van der Waals surface area contributed by atoms with Crippen LogP contribution in [0, 0.1) is 0 Å². The average molecular weight is 922 g/mol. The Balaban J connectivity index is 0.000000502. The molecule has 2 spiro atoms. The molecule has 0 aromatic heterocycles. The van der Waals surface area contributed by atoms with Crippen molar-refractivity contribution in [1.29, 1.82) is 0 Å². The molecule has 7 aromatic rings. The number of hydrogen-bond acceptors (Lipinski definition) is 4. The van der Waals surface area contributed by atoms with Crippen molar-refractivity contribution in [1.82, 2.24) is 0 Å². The second kappa shape index (κ2) is 14.4. The molecule has 0 saturated heterocycles. The van der Waals surface area contributed by atoms with Crippen LogP contribution in [-0.4, -0.2) is 25.4 Å². The molecule has 0 radical (unpaired) electrons. The predicted octanol–water partition coefficient (Wildman–Crippen LogP) is 12.7. The summed E-state index contributed by atoms with van der Waals surface area (Å²) in [6.45, 7) is 0. The lowest BCUT2D eigenvalue weighted by Crippen LogP contribution is -2.37. The average Bonchev–Trinajstić information content (AvgIpc) is 3.66. The van der Waals surface area contributed by atoms with Gasteiger partial charge in [0.2, 0.25) is 19.7 Å². The molecule has 58 heavy (non-hydrogen) atoms. The fourth-order valence-corrected chi connectivity index (χ4v) is 13.3. The zero-order valence-electron chi connectivity index (χ0n) is 29.9. The smallest absolute Gasteiger partial charge is 0.207 e. The van der Waals surface area contributed by atoms with Crippen molar-refractivity contribution in [3.63, 3.8) is 0 Å². The molecule has 0 atom stereocenters. The maximum absolute atomic E-state index is 14.3. The number of rotatable bonds is 0. The first-order valence-corrected chi connectivity index (χ1v) is 23.5. The molecule has 0 unspecified atom stereocenters. The lowest BCUT2D eigenvalue weighted by atomic mass is 9.64. The Morgan fingerprint density at radius 2 is 0.552 bits per heavy atom. The Bertz CT molecular complexity index is 2740. The molecule has 4 nitrogen and oxygen atoms in total. The molecule has 2 heterocycles. The molecule has 11 rings (SSSR count). The van der Waals surface area contributed by atoms with Crippen LogP contribution in [0.3, 0.4) is 0 Å². The van der Waals surface area contributed by atoms with Crippen molar-refractivity contribution in [3.05, 3.63) is 202 Å². The Morgan fingerprint density at radius 3 is 0.845 bits per heavy atom. The third-order valence-electron chi connectivity index (χ3n) is 11.5. The van der Waals surface area contributed by atoms with Crippen LogP contribution >= 0.6 is 69.6 Å². The van der Waals surface area contributed by atoms with Crippen molar-refractivity contribution in [2.75, 3.05) is 0 Å². The minimum atomic E-state index is -3.81. The van der Waals surface area contributed by atoms with Crippen LogP contribution in [0.5, 0.6) is 0 Å². The molecule has 12 heteroatoms. The lowest BCUT2D eigenvalue weighted by Gasteiger charge is -2.41. The van der Waals surface area contributed by atoms with Crippen molar-refractivity contribution < 1.29 is 16.8 Å². The van der Waals surface area contributed by atoms with E-state index in [9.17, 15) is 16.8 Å². The maximum Gasteiger partial charge on any atom is 0.207 e. The van der Waals surface area contributed by atoms with Crippen LogP contribution < -0.4 is 0 Å². The summed E-state index contributed by atoms with van der Waals surface area (Å²) in [6, 6.07) is 50.9. The van der Waals surface area contributed by atoms with Crippen LogP contribution in [0.4, 0.5) is 0 Å². The molecule has 0 bridgehead atoms. The molecule has 2 aliphatic carbocycles. The molecule has 290 valence electrons. The Hall–Kier alpha value is -3.82. The molecular formula is C46H28Cl6O4S2. The van der Waals surface area contributed by atoms with Crippen molar-refractivity contribution in [3.8, 4) is 22.3 Å². The van der Waals surface area contributed by atoms with Gasteiger partial charge in [-0.05, 0) is 97.1 Å². The van der Waals surface area contributed by atoms with E-state index in [1.165, 1.54) is 0 Å². The molecule has 2 aliphatic heterocycles. The monoisotopic (exact) mass is 918 g/mol. The van der Waals surface area contributed by atoms with E-state index in [1.807, 2.05) is 72.8 Å². The standard InChI is InChI=1S/C44H26O4S2.2CHCl3/c45-49(46)39-21-9-5-17-33(39)43(34-18-6-10-22-40(34)49)31-15-3-1-13-27(31)29-25-30-28-14-2-4-16-32(28)44(38(30)26-37(29)43)35-19-7-11-23-41(35)50(47,48)42-24-12-8-20-36(42)44;2*2-1(3)4/h1-26H;2*1H. The molecule has 0 fully saturated rings. The second-order valence-corrected chi connectivity index (χ2v) is 21.8. The second-order valence-electron chi connectivity index (χ2n) is 14.0. The molecule has 0 amide bonds. The number of alkyl halides is 6.